The average molecular weight is 476 g/mol. The van der Waals surface area contributed by atoms with Crippen molar-refractivity contribution in [2.45, 2.75) is 32.0 Å². The maximum atomic E-state index is 13.3. The molecule has 3 rings (SSSR count). The molecular formula is C17H19ClFN5O4S2. The van der Waals surface area contributed by atoms with Gasteiger partial charge < -0.3 is 10.6 Å². The standard InChI is InChI=1S/C17H19ClFN5O4S2/c1-9-7-20-15(29-9)8-21-16(25)13-6-14(24(2)30(27,28)23-13)17(26)22-10-3-4-12(19)11(18)5-10/h3-5,7,13-14,23H,6,8H2,1-2H3,(H,21,25)(H,22,26). The van der Waals surface area contributed by atoms with E-state index in [1.54, 1.807) is 6.20 Å². The monoisotopic (exact) mass is 475 g/mol. The third-order valence-electron chi connectivity index (χ3n) is 4.46. The molecule has 2 amide bonds. The van der Waals surface area contributed by atoms with Gasteiger partial charge in [-0.05, 0) is 31.5 Å². The van der Waals surface area contributed by atoms with Gasteiger partial charge in [0.1, 0.15) is 22.9 Å². The van der Waals surface area contributed by atoms with Crippen molar-refractivity contribution in [3.8, 4) is 0 Å². The summed E-state index contributed by atoms with van der Waals surface area (Å²) in [5.74, 6) is -1.89. The number of rotatable bonds is 5. The van der Waals surface area contributed by atoms with Gasteiger partial charge in [0, 0.05) is 23.8 Å². The summed E-state index contributed by atoms with van der Waals surface area (Å²) in [6.45, 7) is 2.03. The Morgan fingerprint density at radius 2 is 2.13 bits per heavy atom. The van der Waals surface area contributed by atoms with Crippen molar-refractivity contribution in [2.24, 2.45) is 0 Å². The van der Waals surface area contributed by atoms with E-state index in [4.69, 9.17) is 11.6 Å². The minimum atomic E-state index is -4.07. The molecule has 3 N–H and O–H groups in total. The van der Waals surface area contributed by atoms with Crippen molar-refractivity contribution < 1.29 is 22.4 Å². The Hall–Kier alpha value is -2.12. The number of halogens is 2. The third kappa shape index (κ3) is 5.13. The van der Waals surface area contributed by atoms with E-state index in [0.29, 0.717) is 5.01 Å². The Morgan fingerprint density at radius 1 is 1.40 bits per heavy atom. The number of hydrogen-bond acceptors (Lipinski definition) is 6. The summed E-state index contributed by atoms with van der Waals surface area (Å²) < 4.78 is 41.2. The Labute approximate surface area is 181 Å². The number of nitrogens with one attached hydrogen (secondary N) is 3. The lowest BCUT2D eigenvalue weighted by atomic mass is 10.1. The van der Waals surface area contributed by atoms with E-state index in [-0.39, 0.29) is 23.7 Å². The molecule has 1 aliphatic heterocycles. The molecule has 1 fully saturated rings. The minimum absolute atomic E-state index is 0.0980. The van der Waals surface area contributed by atoms with E-state index < -0.39 is 39.9 Å². The normalized spacial score (nSPS) is 21.2. The number of hydrogen-bond donors (Lipinski definition) is 3. The molecule has 1 aromatic heterocycles. The van der Waals surface area contributed by atoms with Crippen molar-refractivity contribution >= 4 is 50.6 Å². The summed E-state index contributed by atoms with van der Waals surface area (Å²) >= 11 is 7.12. The summed E-state index contributed by atoms with van der Waals surface area (Å²) in [5.41, 5.74) is 0.205. The summed E-state index contributed by atoms with van der Waals surface area (Å²) in [7, 11) is -2.84. The highest BCUT2D eigenvalue weighted by Gasteiger charge is 2.42. The van der Waals surface area contributed by atoms with E-state index in [1.807, 2.05) is 6.92 Å². The maximum absolute atomic E-state index is 13.3. The molecule has 2 heterocycles. The summed E-state index contributed by atoms with van der Waals surface area (Å²) in [5, 5.41) is 5.63. The summed E-state index contributed by atoms with van der Waals surface area (Å²) in [4.78, 5) is 30.3. The number of anilines is 1. The van der Waals surface area contributed by atoms with Crippen LogP contribution in [0.15, 0.2) is 24.4 Å². The van der Waals surface area contributed by atoms with Gasteiger partial charge in [0.15, 0.2) is 0 Å². The number of likely N-dealkylation sites (N-methyl/N-ethyl adjacent to an activating group) is 1. The number of thiazole rings is 1. The molecule has 2 aromatic rings. The van der Waals surface area contributed by atoms with Gasteiger partial charge >= 0.3 is 0 Å². The van der Waals surface area contributed by atoms with Crippen LogP contribution in [0.5, 0.6) is 0 Å². The number of aryl methyl sites for hydroxylation is 1. The van der Waals surface area contributed by atoms with Crippen molar-refractivity contribution in [3.63, 3.8) is 0 Å². The van der Waals surface area contributed by atoms with Crippen LogP contribution in [0.4, 0.5) is 10.1 Å². The van der Waals surface area contributed by atoms with Gasteiger partial charge in [-0.15, -0.1) is 11.3 Å². The Kier molecular flexibility index (Phi) is 6.72. The molecule has 30 heavy (non-hydrogen) atoms. The first-order valence-electron chi connectivity index (χ1n) is 8.77. The zero-order valence-electron chi connectivity index (χ0n) is 16.0. The van der Waals surface area contributed by atoms with Crippen LogP contribution in [-0.2, 0) is 26.3 Å². The van der Waals surface area contributed by atoms with Gasteiger partial charge in [-0.3, -0.25) is 9.59 Å². The highest BCUT2D eigenvalue weighted by Crippen LogP contribution is 2.22. The number of carbonyl (C=O) groups is 2. The van der Waals surface area contributed by atoms with E-state index in [2.05, 4.69) is 20.3 Å². The van der Waals surface area contributed by atoms with E-state index >= 15 is 0 Å². The SMILES string of the molecule is Cc1cnc(CNC(=O)C2CC(C(=O)Nc3ccc(F)c(Cl)c3)N(C)S(=O)(=O)N2)s1. The van der Waals surface area contributed by atoms with Crippen molar-refractivity contribution in [3.05, 3.63) is 45.1 Å². The first-order chi connectivity index (χ1) is 14.1. The molecule has 13 heteroatoms. The lowest BCUT2D eigenvalue weighted by Gasteiger charge is -2.35. The van der Waals surface area contributed by atoms with Crippen molar-refractivity contribution in [1.82, 2.24) is 19.3 Å². The zero-order valence-corrected chi connectivity index (χ0v) is 18.4. The van der Waals surface area contributed by atoms with Gasteiger partial charge in [-0.25, -0.2) is 9.37 Å². The molecule has 2 atom stereocenters. The largest absolute Gasteiger partial charge is 0.348 e. The number of amides is 2. The van der Waals surface area contributed by atoms with Crippen LogP contribution in [0, 0.1) is 12.7 Å². The lowest BCUT2D eigenvalue weighted by Crippen LogP contribution is -2.62. The summed E-state index contributed by atoms with van der Waals surface area (Å²) in [6, 6.07) is 1.30. The van der Waals surface area contributed by atoms with E-state index in [0.717, 1.165) is 15.2 Å². The second-order valence-corrected chi connectivity index (χ2v) is 10.1. The fraction of sp³-hybridized carbons (Fsp3) is 0.353. The quantitative estimate of drug-likeness (QED) is 0.603. The van der Waals surface area contributed by atoms with Gasteiger partial charge in [0.05, 0.1) is 11.6 Å². The average Bonchev–Trinajstić information content (AvgIpc) is 3.10. The predicted molar refractivity (Wildman–Crippen MR) is 111 cm³/mol. The minimum Gasteiger partial charge on any atom is -0.348 e. The van der Waals surface area contributed by atoms with E-state index in [1.165, 1.54) is 30.5 Å². The second-order valence-electron chi connectivity index (χ2n) is 6.64. The van der Waals surface area contributed by atoms with Crippen LogP contribution in [0.2, 0.25) is 5.02 Å². The fourth-order valence-corrected chi connectivity index (χ4v) is 5.00. The van der Waals surface area contributed by atoms with Crippen molar-refractivity contribution in [1.29, 1.82) is 0 Å². The first-order valence-corrected chi connectivity index (χ1v) is 11.4. The first kappa shape index (κ1) is 22.6. The molecule has 1 saturated heterocycles. The second kappa shape index (κ2) is 8.94. The zero-order chi connectivity index (χ0) is 22.1. The molecule has 0 spiro atoms. The van der Waals surface area contributed by atoms with Crippen LogP contribution >= 0.6 is 22.9 Å². The Bertz CT molecular complexity index is 1080. The third-order valence-corrected chi connectivity index (χ3v) is 7.25. The predicted octanol–water partition coefficient (Wildman–Crippen LogP) is 1.41. The van der Waals surface area contributed by atoms with Crippen molar-refractivity contribution in [2.75, 3.05) is 12.4 Å². The fourth-order valence-electron chi connectivity index (χ4n) is 2.85. The Balaban J connectivity index is 1.70. The molecule has 1 aliphatic rings. The van der Waals surface area contributed by atoms with Gasteiger partial charge in [0.25, 0.3) is 10.2 Å². The molecule has 1 aromatic carbocycles. The number of aromatic nitrogens is 1. The van der Waals surface area contributed by atoms with Gasteiger partial charge in [0.2, 0.25) is 11.8 Å². The smallest absolute Gasteiger partial charge is 0.280 e. The molecule has 9 nitrogen and oxygen atoms in total. The Morgan fingerprint density at radius 3 is 2.77 bits per heavy atom. The molecule has 0 radical (unpaired) electrons. The molecule has 0 bridgehead atoms. The molecule has 2 unspecified atom stereocenters. The van der Waals surface area contributed by atoms with Gasteiger partial charge in [-0.2, -0.15) is 17.4 Å². The van der Waals surface area contributed by atoms with Crippen LogP contribution in [0.1, 0.15) is 16.3 Å². The number of carbonyl (C=O) groups excluding carboxylic acids is 2. The van der Waals surface area contributed by atoms with Crippen LogP contribution < -0.4 is 15.4 Å². The highest BCUT2D eigenvalue weighted by molar-refractivity contribution is 7.87. The number of benzene rings is 1. The molecule has 0 aliphatic carbocycles. The van der Waals surface area contributed by atoms with Crippen LogP contribution in [-0.4, -0.2) is 48.7 Å². The topological polar surface area (TPSA) is 120 Å². The highest BCUT2D eigenvalue weighted by atomic mass is 35.5. The van der Waals surface area contributed by atoms with Gasteiger partial charge in [-0.1, -0.05) is 11.6 Å². The molecule has 162 valence electrons. The lowest BCUT2D eigenvalue weighted by molar-refractivity contribution is -0.124. The van der Waals surface area contributed by atoms with Crippen LogP contribution in [0.25, 0.3) is 0 Å². The molecule has 0 saturated carbocycles. The van der Waals surface area contributed by atoms with Crippen LogP contribution in [0.3, 0.4) is 0 Å². The molecular weight excluding hydrogens is 457 g/mol. The van der Waals surface area contributed by atoms with E-state index in [9.17, 15) is 22.4 Å². The maximum Gasteiger partial charge on any atom is 0.280 e. The summed E-state index contributed by atoms with van der Waals surface area (Å²) in [6.07, 6.45) is 1.58. The number of nitrogens with zero attached hydrogens (tertiary/aromatic N) is 2.